The minimum absolute atomic E-state index is 0.0182. The van der Waals surface area contributed by atoms with E-state index in [9.17, 15) is 39.5 Å². The number of hydrogen-bond donors (Lipinski definition) is 0. The third-order valence-corrected chi connectivity index (χ3v) is 4.02. The van der Waals surface area contributed by atoms with E-state index in [1.54, 1.807) is 20.8 Å². The highest BCUT2D eigenvalue weighted by Gasteiger charge is 2.82. The number of alkyl halides is 9. The molecule has 0 radical (unpaired) electrons. The Balaban J connectivity index is 2.91. The second kappa shape index (κ2) is 6.80. The largest absolute Gasteiger partial charge is 0.460 e. The summed E-state index contributed by atoms with van der Waals surface area (Å²) in [7, 11) is 0. The molecule has 1 rings (SSSR count). The maximum absolute atomic E-state index is 13.3. The third kappa shape index (κ3) is 4.11. The Morgan fingerprint density at radius 2 is 1.48 bits per heavy atom. The molecule has 13 heteroatoms. The fraction of sp³-hybridized carbons (Fsp3) is 0.750. The zero-order chi connectivity index (χ0) is 19.8. The maximum Gasteiger partial charge on any atom is 0.460 e. The Hall–Kier alpha value is -1.27. The van der Waals surface area contributed by atoms with Crippen LogP contribution in [0, 0.1) is 5.92 Å². The minimum atomic E-state index is -6.97. The summed E-state index contributed by atoms with van der Waals surface area (Å²) >= 11 is -1.57. The van der Waals surface area contributed by atoms with Gasteiger partial charge in [-0.1, -0.05) is 20.8 Å². The van der Waals surface area contributed by atoms with Crippen LogP contribution in [0.25, 0.3) is 0 Å². The van der Waals surface area contributed by atoms with Crippen molar-refractivity contribution >= 4 is 12.0 Å². The van der Waals surface area contributed by atoms with Gasteiger partial charge in [-0.15, -0.1) is 0 Å². The molecule has 146 valence electrons. The molecule has 1 heterocycles. The molecule has 0 bridgehead atoms. The van der Waals surface area contributed by atoms with Crippen LogP contribution >= 0.6 is 12.0 Å². The number of hydrogen-bond acceptors (Lipinski definition) is 4. The Morgan fingerprint density at radius 1 is 0.960 bits per heavy atom. The second-order valence-corrected chi connectivity index (χ2v) is 6.28. The Kier molecular flexibility index (Phi) is 5.92. The second-order valence-electron chi connectivity index (χ2n) is 5.43. The fourth-order valence-corrected chi connectivity index (χ4v) is 1.86. The van der Waals surface area contributed by atoms with Gasteiger partial charge in [-0.25, -0.2) is 0 Å². The van der Waals surface area contributed by atoms with Crippen molar-refractivity contribution in [3.05, 3.63) is 11.8 Å². The van der Waals surface area contributed by atoms with E-state index in [-0.39, 0.29) is 17.6 Å². The van der Waals surface area contributed by atoms with Crippen molar-refractivity contribution in [2.75, 3.05) is 0 Å². The van der Waals surface area contributed by atoms with Gasteiger partial charge in [0.15, 0.2) is 0 Å². The lowest BCUT2D eigenvalue weighted by Gasteiger charge is -2.32. The molecule has 1 unspecified atom stereocenters. The molecule has 0 aromatic carbocycles. The predicted molar refractivity (Wildman–Crippen MR) is 68.9 cm³/mol. The maximum atomic E-state index is 13.3. The Morgan fingerprint density at radius 3 is 1.92 bits per heavy atom. The van der Waals surface area contributed by atoms with Crippen molar-refractivity contribution in [1.82, 2.24) is 5.16 Å². The van der Waals surface area contributed by atoms with Crippen LogP contribution in [0.5, 0.6) is 5.88 Å². The van der Waals surface area contributed by atoms with Crippen molar-refractivity contribution in [2.24, 2.45) is 5.92 Å². The molecule has 0 aliphatic carbocycles. The Bertz CT molecular complexity index is 585. The number of nitrogens with zero attached hydrogens (tertiary/aromatic N) is 1. The van der Waals surface area contributed by atoms with E-state index in [1.165, 1.54) is 0 Å². The highest BCUT2D eigenvalue weighted by Crippen LogP contribution is 2.56. The van der Waals surface area contributed by atoms with Gasteiger partial charge in [-0.05, 0) is 11.1 Å². The molecule has 3 nitrogen and oxygen atoms in total. The van der Waals surface area contributed by atoms with Crippen LogP contribution in [-0.4, -0.2) is 28.4 Å². The van der Waals surface area contributed by atoms with Crippen LogP contribution in [0.4, 0.5) is 39.5 Å². The molecule has 1 aromatic rings. The summed E-state index contributed by atoms with van der Waals surface area (Å²) in [4.78, 5) is 0. The van der Waals surface area contributed by atoms with E-state index >= 15 is 0 Å². The molecular weight excluding hydrogens is 393 g/mol. The quantitative estimate of drug-likeness (QED) is 0.419. The van der Waals surface area contributed by atoms with Gasteiger partial charge in [0.25, 0.3) is 5.88 Å². The first kappa shape index (κ1) is 21.8. The van der Waals surface area contributed by atoms with Gasteiger partial charge < -0.3 is 8.71 Å². The molecule has 0 amide bonds. The van der Waals surface area contributed by atoms with E-state index in [0.29, 0.717) is 0 Å². The number of aromatic nitrogens is 1. The molecule has 0 saturated heterocycles. The van der Waals surface area contributed by atoms with Crippen molar-refractivity contribution in [2.45, 2.75) is 50.0 Å². The van der Waals surface area contributed by atoms with Crippen molar-refractivity contribution in [1.29, 1.82) is 0 Å². The van der Waals surface area contributed by atoms with Crippen LogP contribution in [0.15, 0.2) is 10.6 Å². The predicted octanol–water partition coefficient (Wildman–Crippen LogP) is 5.89. The van der Waals surface area contributed by atoms with Gasteiger partial charge >= 0.3 is 23.3 Å². The summed E-state index contributed by atoms with van der Waals surface area (Å²) in [5, 5.41) is -2.80. The fourth-order valence-electron chi connectivity index (χ4n) is 1.36. The highest BCUT2D eigenvalue weighted by atomic mass is 32.2. The average molecular weight is 405 g/mol. The lowest BCUT2D eigenvalue weighted by atomic mass is 9.96. The van der Waals surface area contributed by atoms with Gasteiger partial charge in [-0.3, -0.25) is 0 Å². The summed E-state index contributed by atoms with van der Waals surface area (Å²) in [6.07, 6.45) is -6.88. The van der Waals surface area contributed by atoms with Crippen LogP contribution in [-0.2, 0) is 0 Å². The zero-order valence-corrected chi connectivity index (χ0v) is 13.6. The van der Waals surface area contributed by atoms with Crippen molar-refractivity contribution in [3.63, 3.8) is 0 Å². The summed E-state index contributed by atoms with van der Waals surface area (Å²) in [5.74, 6) is -14.6. The molecular formula is C12H12F9NO2S. The van der Waals surface area contributed by atoms with Gasteiger partial charge in [0.05, 0.1) is 0 Å². The van der Waals surface area contributed by atoms with Gasteiger partial charge in [0.2, 0.25) is 0 Å². The molecule has 1 atom stereocenters. The third-order valence-electron chi connectivity index (χ3n) is 3.30. The summed E-state index contributed by atoms with van der Waals surface area (Å²) in [5.41, 5.74) is 0. The molecule has 0 N–H and O–H groups in total. The number of rotatable bonds is 7. The zero-order valence-electron chi connectivity index (χ0n) is 12.8. The van der Waals surface area contributed by atoms with E-state index in [1.807, 2.05) is 0 Å². The van der Waals surface area contributed by atoms with Gasteiger partial charge in [0.1, 0.15) is 17.8 Å². The lowest BCUT2D eigenvalue weighted by molar-refractivity contribution is -0.381. The minimum Gasteiger partial charge on any atom is -0.396 e. The summed E-state index contributed by atoms with van der Waals surface area (Å²) < 4.78 is 123. The first-order chi connectivity index (χ1) is 11.0. The smallest absolute Gasteiger partial charge is 0.396 e. The van der Waals surface area contributed by atoms with Gasteiger partial charge in [0, 0.05) is 12.0 Å². The normalized spacial score (nSPS) is 15.6. The van der Waals surface area contributed by atoms with E-state index in [4.69, 9.17) is 4.52 Å². The number of halogens is 9. The molecule has 0 fully saturated rings. The average Bonchev–Trinajstić information content (AvgIpc) is 2.91. The van der Waals surface area contributed by atoms with Crippen LogP contribution < -0.4 is 4.18 Å². The first-order valence-corrected chi connectivity index (χ1v) is 7.31. The van der Waals surface area contributed by atoms with Crippen molar-refractivity contribution < 1.29 is 48.2 Å². The summed E-state index contributed by atoms with van der Waals surface area (Å²) in [6.45, 7) is 5.21. The molecule has 0 spiro atoms. The molecule has 25 heavy (non-hydrogen) atoms. The molecule has 0 aliphatic heterocycles. The monoisotopic (exact) mass is 405 g/mol. The summed E-state index contributed by atoms with van der Waals surface area (Å²) in [6, 6.07) is 0.938. The highest BCUT2D eigenvalue weighted by molar-refractivity contribution is 7.96. The Labute approximate surface area is 140 Å². The molecule has 0 saturated carbocycles. The SMILES string of the molecule is CC(C)C(C)c1cc(OSC(F)(F)C(F)(F)C(F)(F)C(F)(F)F)no1. The van der Waals surface area contributed by atoms with E-state index < -0.39 is 41.2 Å². The van der Waals surface area contributed by atoms with Gasteiger partial charge in [-0.2, -0.15) is 39.5 Å². The van der Waals surface area contributed by atoms with E-state index in [0.717, 1.165) is 6.07 Å². The van der Waals surface area contributed by atoms with Crippen molar-refractivity contribution in [3.8, 4) is 5.88 Å². The molecule has 0 aliphatic rings. The van der Waals surface area contributed by atoms with Crippen LogP contribution in [0.3, 0.4) is 0 Å². The first-order valence-electron chi connectivity index (χ1n) is 6.57. The lowest BCUT2D eigenvalue weighted by Crippen LogP contribution is -2.59. The molecule has 1 aromatic heterocycles. The van der Waals surface area contributed by atoms with Crippen LogP contribution in [0.1, 0.15) is 32.4 Å². The van der Waals surface area contributed by atoms with E-state index in [2.05, 4.69) is 9.34 Å². The standard InChI is InChI=1S/C12H12F9NO2S/c1-5(2)6(3)7-4-8(22-23-7)24-25-12(20,21)10(15,16)9(13,14)11(17,18)19/h4-6H,1-3H3. The topological polar surface area (TPSA) is 35.3 Å². The van der Waals surface area contributed by atoms with Crippen LogP contribution in [0.2, 0.25) is 0 Å².